The van der Waals surface area contributed by atoms with Crippen LogP contribution in [0.25, 0.3) is 0 Å². The number of hydrogen-bond acceptors (Lipinski definition) is 0. The molecule has 14 heavy (non-hydrogen) atoms. The monoisotopic (exact) mass is 186 g/mol. The lowest BCUT2D eigenvalue weighted by atomic mass is 9.34. The van der Waals surface area contributed by atoms with Crippen LogP contribution >= 0.6 is 0 Å². The molecule has 0 radical (unpaired) electrons. The molecule has 74 valence electrons. The van der Waals surface area contributed by atoms with Gasteiger partial charge in [0.1, 0.15) is 7.17 Å². The van der Waals surface area contributed by atoms with Gasteiger partial charge in [-0.05, 0) is 0 Å². The van der Waals surface area contributed by atoms with Gasteiger partial charge in [-0.3, -0.25) is 0 Å². The fourth-order valence-electron chi connectivity index (χ4n) is 1.32. The third kappa shape index (κ3) is 7.72. The first-order chi connectivity index (χ1) is 6.85. The fourth-order valence-corrected chi connectivity index (χ4v) is 1.32. The van der Waals surface area contributed by atoms with E-state index in [0.717, 1.165) is 7.17 Å². The number of allylic oxidation sites excluding steroid dienone is 6. The van der Waals surface area contributed by atoms with E-state index in [4.69, 9.17) is 0 Å². The van der Waals surface area contributed by atoms with Crippen molar-refractivity contribution in [2.45, 2.75) is 26.1 Å². The molecule has 0 aromatic heterocycles. The Morgan fingerprint density at radius 3 is 2.64 bits per heavy atom. The minimum atomic E-state index is 1.15. The average Bonchev–Trinajstić information content (AvgIpc) is 2.20. The first-order valence-corrected chi connectivity index (χ1v) is 5.45. The number of rotatable bonds is 8. The largest absolute Gasteiger partial charge is 0.123 e. The Balaban J connectivity index is 3.85. The summed E-state index contributed by atoms with van der Waals surface area (Å²) in [5, 5.41) is 0. The van der Waals surface area contributed by atoms with Crippen LogP contribution in [0.3, 0.4) is 0 Å². The zero-order valence-corrected chi connectivity index (χ0v) is 9.34. The van der Waals surface area contributed by atoms with Crippen LogP contribution in [0.4, 0.5) is 0 Å². The minimum absolute atomic E-state index is 1.15. The first-order valence-electron chi connectivity index (χ1n) is 5.45. The molecule has 2 heteroatoms. The Labute approximate surface area is 90.0 Å². The quantitative estimate of drug-likeness (QED) is 0.310. The molecule has 0 nitrogen and oxygen atoms in total. The molecule has 0 aliphatic carbocycles. The molecule has 0 rings (SSSR count). The van der Waals surface area contributed by atoms with Gasteiger partial charge in [0.05, 0.1) is 7.17 Å². The highest BCUT2D eigenvalue weighted by Gasteiger charge is 1.96. The van der Waals surface area contributed by atoms with Crippen LogP contribution in [0.2, 0.25) is 6.32 Å². The van der Waals surface area contributed by atoms with Crippen LogP contribution < -0.4 is 0 Å². The van der Waals surface area contributed by atoms with Gasteiger partial charge in [-0.2, -0.15) is 0 Å². The van der Waals surface area contributed by atoms with E-state index in [1.165, 1.54) is 31.8 Å². The third-order valence-corrected chi connectivity index (χ3v) is 2.10. The number of hydrogen-bond donors (Lipinski definition) is 0. The molecule has 0 saturated heterocycles. The van der Waals surface area contributed by atoms with E-state index in [2.05, 4.69) is 32.2 Å². The predicted molar refractivity (Wildman–Crippen MR) is 71.6 cm³/mol. The van der Waals surface area contributed by atoms with Crippen molar-refractivity contribution >= 4 is 14.3 Å². The summed E-state index contributed by atoms with van der Waals surface area (Å²) in [6, 6.07) is 0. The van der Waals surface area contributed by atoms with Crippen molar-refractivity contribution < 1.29 is 0 Å². The highest BCUT2D eigenvalue weighted by Crippen LogP contribution is 1.98. The molecule has 0 unspecified atom stereocenters. The van der Waals surface area contributed by atoms with Crippen LogP contribution in [0.5, 0.6) is 0 Å². The minimum Gasteiger partial charge on any atom is -0.0991 e. The van der Waals surface area contributed by atoms with E-state index in [1.54, 1.807) is 0 Å². The molecule has 0 amide bonds. The van der Waals surface area contributed by atoms with Crippen molar-refractivity contribution in [3.63, 3.8) is 0 Å². The maximum Gasteiger partial charge on any atom is 0.123 e. The zero-order chi connectivity index (χ0) is 10.6. The molecule has 0 heterocycles. The van der Waals surface area contributed by atoms with Crippen LogP contribution in [-0.4, -0.2) is 14.3 Å². The van der Waals surface area contributed by atoms with Crippen LogP contribution in [0, 0.1) is 0 Å². The second-order valence-electron chi connectivity index (χ2n) is 3.38. The fraction of sp³-hybridized carbons (Fsp3) is 0.333. The summed E-state index contributed by atoms with van der Waals surface area (Å²) in [7, 11) is 2.42. The second-order valence-corrected chi connectivity index (χ2v) is 3.38. The summed E-state index contributed by atoms with van der Waals surface area (Å²) in [4.78, 5) is 0. The third-order valence-electron chi connectivity index (χ3n) is 2.10. The highest BCUT2D eigenvalue weighted by atomic mass is 13.8. The molecular formula is C12H20B2. The van der Waals surface area contributed by atoms with Crippen molar-refractivity contribution in [2.24, 2.45) is 0 Å². The topological polar surface area (TPSA) is 0 Å². The van der Waals surface area contributed by atoms with Crippen molar-refractivity contribution in [3.05, 3.63) is 49.0 Å². The smallest absolute Gasteiger partial charge is 0.0991 e. The normalized spacial score (nSPS) is 11.4. The summed E-state index contributed by atoms with van der Waals surface area (Å²) < 4.78 is 0. The summed E-state index contributed by atoms with van der Waals surface area (Å²) in [5.74, 6) is 0. The predicted octanol–water partition coefficient (Wildman–Crippen LogP) is 2.80. The van der Waals surface area contributed by atoms with Gasteiger partial charge in [0.2, 0.25) is 0 Å². The van der Waals surface area contributed by atoms with Crippen molar-refractivity contribution in [2.75, 3.05) is 0 Å². The van der Waals surface area contributed by atoms with Gasteiger partial charge in [0.25, 0.3) is 0 Å². The Bertz CT molecular complexity index is 214. The highest BCUT2D eigenvalue weighted by molar-refractivity contribution is 7.04. The van der Waals surface area contributed by atoms with Gasteiger partial charge in [0.15, 0.2) is 0 Å². The molecule has 0 atom stereocenters. The maximum atomic E-state index is 3.72. The molecular weight excluding hydrogens is 166 g/mol. The van der Waals surface area contributed by atoms with Gasteiger partial charge in [-0.1, -0.05) is 75.1 Å². The SMILES string of the molecule is C=C/C=C\C(BBCCCC)=C/C=C. The standard InChI is InChI=1S/C12H20B2/c1-4-7-10-12(9-6-3)14-13-11-8-5-2/h4,6-7,9-10,13-14H,1,3,5,8,11H2,2H3/b10-7-,12-9+. The molecule has 0 aromatic carbocycles. The molecule has 0 spiro atoms. The molecule has 0 saturated carbocycles. The molecule has 0 N–H and O–H groups in total. The summed E-state index contributed by atoms with van der Waals surface area (Å²) in [6.07, 6.45) is 13.8. The average molecular weight is 186 g/mol. The zero-order valence-electron chi connectivity index (χ0n) is 9.34. The van der Waals surface area contributed by atoms with E-state index >= 15 is 0 Å². The lowest BCUT2D eigenvalue weighted by molar-refractivity contribution is 0.882. The van der Waals surface area contributed by atoms with Gasteiger partial charge >= 0.3 is 0 Å². The van der Waals surface area contributed by atoms with Crippen LogP contribution in [-0.2, 0) is 0 Å². The lowest BCUT2D eigenvalue weighted by Crippen LogP contribution is -2.05. The second kappa shape index (κ2) is 10.2. The molecule has 0 bridgehead atoms. The van der Waals surface area contributed by atoms with Crippen LogP contribution in [0.15, 0.2) is 49.0 Å². The van der Waals surface area contributed by atoms with Crippen LogP contribution in [0.1, 0.15) is 19.8 Å². The summed E-state index contributed by atoms with van der Waals surface area (Å²) in [5.41, 5.74) is 1.34. The van der Waals surface area contributed by atoms with E-state index in [0.29, 0.717) is 0 Å². The van der Waals surface area contributed by atoms with Crippen molar-refractivity contribution in [1.82, 2.24) is 0 Å². The molecule has 0 aliphatic rings. The van der Waals surface area contributed by atoms with Gasteiger partial charge in [0, 0.05) is 0 Å². The van der Waals surface area contributed by atoms with E-state index in [9.17, 15) is 0 Å². The number of unbranched alkanes of at least 4 members (excludes halogenated alkanes) is 1. The molecule has 0 fully saturated rings. The summed E-state index contributed by atoms with van der Waals surface area (Å²) in [6.45, 7) is 9.61. The Morgan fingerprint density at radius 1 is 1.29 bits per heavy atom. The Kier molecular flexibility index (Phi) is 9.51. The summed E-state index contributed by atoms with van der Waals surface area (Å²) >= 11 is 0. The van der Waals surface area contributed by atoms with Crippen molar-refractivity contribution in [3.8, 4) is 0 Å². The van der Waals surface area contributed by atoms with Gasteiger partial charge in [-0.25, -0.2) is 0 Å². The Morgan fingerprint density at radius 2 is 2.07 bits per heavy atom. The first kappa shape index (κ1) is 13.1. The Hall–Kier alpha value is -0.910. The molecule has 0 aliphatic heterocycles. The lowest BCUT2D eigenvalue weighted by Gasteiger charge is -1.97. The van der Waals surface area contributed by atoms with Gasteiger partial charge < -0.3 is 0 Å². The van der Waals surface area contributed by atoms with Gasteiger partial charge in [-0.15, -0.1) is 0 Å². The van der Waals surface area contributed by atoms with Crippen molar-refractivity contribution in [1.29, 1.82) is 0 Å². The van der Waals surface area contributed by atoms with E-state index in [1.807, 2.05) is 18.2 Å². The van der Waals surface area contributed by atoms with E-state index in [-0.39, 0.29) is 0 Å². The van der Waals surface area contributed by atoms with E-state index < -0.39 is 0 Å². The maximum absolute atomic E-state index is 3.72. The molecule has 0 aromatic rings.